The lowest BCUT2D eigenvalue weighted by atomic mass is 10.0. The van der Waals surface area contributed by atoms with Crippen LogP contribution in [0, 0.1) is 0 Å². The molecule has 0 spiro atoms. The summed E-state index contributed by atoms with van der Waals surface area (Å²) in [4.78, 5) is 0. The Kier molecular flexibility index (Phi) is 5.58. The molecular weight excluding hydrogens is 301 g/mol. The number of rotatable bonds is 6. The van der Waals surface area contributed by atoms with Crippen molar-refractivity contribution in [3.05, 3.63) is 45.7 Å². The first-order valence-corrected chi connectivity index (χ1v) is 7.64. The van der Waals surface area contributed by atoms with Crippen LogP contribution in [0.25, 0.3) is 0 Å². The van der Waals surface area contributed by atoms with Gasteiger partial charge in [0.05, 0.1) is 29.7 Å². The van der Waals surface area contributed by atoms with Gasteiger partial charge in [-0.05, 0) is 43.1 Å². The van der Waals surface area contributed by atoms with Gasteiger partial charge in [-0.2, -0.15) is 8.75 Å². The van der Waals surface area contributed by atoms with Crippen molar-refractivity contribution in [3.8, 4) is 0 Å². The fourth-order valence-corrected chi connectivity index (χ4v) is 2.71. The van der Waals surface area contributed by atoms with E-state index in [4.69, 9.17) is 23.2 Å². The van der Waals surface area contributed by atoms with Gasteiger partial charge in [-0.3, -0.25) is 0 Å². The van der Waals surface area contributed by atoms with Crippen LogP contribution >= 0.6 is 34.9 Å². The normalized spacial score (nSPS) is 12.6. The molecule has 1 N–H and O–H groups in total. The largest absolute Gasteiger partial charge is 0.308 e. The smallest absolute Gasteiger partial charge is 0.0915 e. The van der Waals surface area contributed by atoms with Crippen molar-refractivity contribution in [1.29, 1.82) is 0 Å². The highest BCUT2D eigenvalue weighted by Crippen LogP contribution is 2.25. The van der Waals surface area contributed by atoms with Crippen molar-refractivity contribution < 1.29 is 0 Å². The third kappa shape index (κ3) is 4.14. The number of nitrogens with one attached hydrogen (secondary N) is 1. The molecule has 2 aromatic rings. The summed E-state index contributed by atoms with van der Waals surface area (Å²) in [6, 6.07) is 5.65. The minimum atomic E-state index is 0.120. The van der Waals surface area contributed by atoms with Gasteiger partial charge in [-0.15, -0.1) is 0 Å². The van der Waals surface area contributed by atoms with Gasteiger partial charge in [0.15, 0.2) is 0 Å². The van der Waals surface area contributed by atoms with Crippen LogP contribution in [0.5, 0.6) is 0 Å². The molecule has 0 saturated heterocycles. The number of halogens is 2. The van der Waals surface area contributed by atoms with Gasteiger partial charge in [0.2, 0.25) is 0 Å². The van der Waals surface area contributed by atoms with Crippen LogP contribution in [0.3, 0.4) is 0 Å². The number of hydrogen-bond donors (Lipinski definition) is 1. The van der Waals surface area contributed by atoms with Crippen molar-refractivity contribution in [1.82, 2.24) is 14.1 Å². The van der Waals surface area contributed by atoms with Crippen molar-refractivity contribution in [2.75, 3.05) is 6.54 Å². The number of aromatic nitrogens is 2. The van der Waals surface area contributed by atoms with E-state index in [2.05, 4.69) is 21.0 Å². The molecule has 3 nitrogen and oxygen atoms in total. The Balaban J connectivity index is 2.17. The standard InChI is InChI=1S/C13H15Cl2N3S/c1-2-5-16-12(13-8-17-19-18-13)7-9-6-10(14)3-4-11(9)15/h3-4,6,8,12,16H,2,5,7H2,1H3. The summed E-state index contributed by atoms with van der Waals surface area (Å²) in [7, 11) is 0. The van der Waals surface area contributed by atoms with E-state index in [1.807, 2.05) is 12.1 Å². The summed E-state index contributed by atoms with van der Waals surface area (Å²) in [6.45, 7) is 3.07. The van der Waals surface area contributed by atoms with Gasteiger partial charge in [0.1, 0.15) is 0 Å². The van der Waals surface area contributed by atoms with Gasteiger partial charge in [-0.1, -0.05) is 30.1 Å². The van der Waals surface area contributed by atoms with E-state index in [0.29, 0.717) is 5.02 Å². The summed E-state index contributed by atoms with van der Waals surface area (Å²) in [5.41, 5.74) is 1.98. The molecule has 1 unspecified atom stereocenters. The molecule has 0 saturated carbocycles. The van der Waals surface area contributed by atoms with E-state index in [1.54, 1.807) is 12.3 Å². The Bertz CT molecular complexity index is 517. The zero-order valence-electron chi connectivity index (χ0n) is 10.6. The summed E-state index contributed by atoms with van der Waals surface area (Å²) >= 11 is 13.5. The average molecular weight is 316 g/mol. The Morgan fingerprint density at radius 3 is 2.89 bits per heavy atom. The predicted octanol–water partition coefficient (Wildman–Crippen LogP) is 4.13. The summed E-state index contributed by atoms with van der Waals surface area (Å²) < 4.78 is 8.37. The summed E-state index contributed by atoms with van der Waals surface area (Å²) in [5, 5.41) is 4.90. The maximum absolute atomic E-state index is 6.22. The first kappa shape index (κ1) is 14.7. The predicted molar refractivity (Wildman–Crippen MR) is 81.1 cm³/mol. The van der Waals surface area contributed by atoms with Crippen LogP contribution in [0.4, 0.5) is 0 Å². The third-order valence-electron chi connectivity index (χ3n) is 2.81. The molecule has 1 atom stereocenters. The second kappa shape index (κ2) is 7.20. The Hall–Kier alpha value is -0.680. The number of nitrogens with zero attached hydrogens (tertiary/aromatic N) is 2. The SMILES string of the molecule is CCCNC(Cc1cc(Cl)ccc1Cl)c1cnsn1. The highest BCUT2D eigenvalue weighted by molar-refractivity contribution is 6.99. The first-order valence-electron chi connectivity index (χ1n) is 6.15. The molecule has 6 heteroatoms. The molecule has 19 heavy (non-hydrogen) atoms. The number of hydrogen-bond acceptors (Lipinski definition) is 4. The van der Waals surface area contributed by atoms with Gasteiger partial charge in [0, 0.05) is 10.0 Å². The van der Waals surface area contributed by atoms with Gasteiger partial charge in [-0.25, -0.2) is 0 Å². The topological polar surface area (TPSA) is 37.8 Å². The second-order valence-electron chi connectivity index (χ2n) is 4.28. The molecule has 0 aliphatic heterocycles. The molecule has 0 aliphatic rings. The van der Waals surface area contributed by atoms with E-state index in [1.165, 1.54) is 11.7 Å². The maximum atomic E-state index is 6.22. The highest BCUT2D eigenvalue weighted by atomic mass is 35.5. The van der Waals surface area contributed by atoms with Crippen molar-refractivity contribution in [2.45, 2.75) is 25.8 Å². The minimum Gasteiger partial charge on any atom is -0.308 e. The monoisotopic (exact) mass is 315 g/mol. The lowest BCUT2D eigenvalue weighted by Crippen LogP contribution is -2.24. The Morgan fingerprint density at radius 2 is 2.21 bits per heavy atom. The zero-order chi connectivity index (χ0) is 13.7. The minimum absolute atomic E-state index is 0.120. The van der Waals surface area contributed by atoms with Crippen LogP contribution in [0.1, 0.15) is 30.6 Å². The van der Waals surface area contributed by atoms with Crippen LogP contribution in [0.15, 0.2) is 24.4 Å². The molecule has 1 aromatic heterocycles. The first-order chi connectivity index (χ1) is 9.20. The van der Waals surface area contributed by atoms with E-state index in [-0.39, 0.29) is 6.04 Å². The lowest BCUT2D eigenvalue weighted by molar-refractivity contribution is 0.521. The van der Waals surface area contributed by atoms with Crippen molar-refractivity contribution >= 4 is 34.9 Å². The average Bonchev–Trinajstić information content (AvgIpc) is 2.92. The summed E-state index contributed by atoms with van der Waals surface area (Å²) in [5.74, 6) is 0. The Labute approximate surface area is 127 Å². The Morgan fingerprint density at radius 1 is 1.37 bits per heavy atom. The van der Waals surface area contributed by atoms with Crippen LogP contribution in [-0.4, -0.2) is 15.3 Å². The molecule has 0 radical (unpaired) electrons. The fourth-order valence-electron chi connectivity index (χ4n) is 1.84. The molecule has 2 rings (SSSR count). The van der Waals surface area contributed by atoms with Gasteiger partial charge < -0.3 is 5.32 Å². The third-order valence-corrected chi connectivity index (χ3v) is 3.90. The van der Waals surface area contributed by atoms with Crippen molar-refractivity contribution in [2.24, 2.45) is 0 Å². The van der Waals surface area contributed by atoms with E-state index in [0.717, 1.165) is 35.7 Å². The molecule has 1 aromatic carbocycles. The van der Waals surface area contributed by atoms with Crippen LogP contribution in [-0.2, 0) is 6.42 Å². The second-order valence-corrected chi connectivity index (χ2v) is 5.68. The van der Waals surface area contributed by atoms with Crippen LogP contribution in [0.2, 0.25) is 10.0 Å². The molecule has 0 aliphatic carbocycles. The van der Waals surface area contributed by atoms with E-state index >= 15 is 0 Å². The fraction of sp³-hybridized carbons (Fsp3) is 0.385. The van der Waals surface area contributed by atoms with Gasteiger partial charge in [0.25, 0.3) is 0 Å². The molecule has 0 fully saturated rings. The van der Waals surface area contributed by atoms with Crippen molar-refractivity contribution in [3.63, 3.8) is 0 Å². The maximum Gasteiger partial charge on any atom is 0.0915 e. The number of benzene rings is 1. The summed E-state index contributed by atoms with van der Waals surface area (Å²) in [6.07, 6.45) is 3.62. The van der Waals surface area contributed by atoms with E-state index < -0.39 is 0 Å². The lowest BCUT2D eigenvalue weighted by Gasteiger charge is -2.17. The van der Waals surface area contributed by atoms with Gasteiger partial charge >= 0.3 is 0 Å². The molecular formula is C13H15Cl2N3S. The molecule has 0 bridgehead atoms. The quantitative estimate of drug-likeness (QED) is 0.871. The van der Waals surface area contributed by atoms with E-state index in [9.17, 15) is 0 Å². The highest BCUT2D eigenvalue weighted by Gasteiger charge is 2.16. The zero-order valence-corrected chi connectivity index (χ0v) is 12.9. The molecule has 0 amide bonds. The van der Waals surface area contributed by atoms with Crippen LogP contribution < -0.4 is 5.32 Å². The molecule has 102 valence electrons. The molecule has 1 heterocycles.